The van der Waals surface area contributed by atoms with Gasteiger partial charge >= 0.3 is 0 Å². The first-order chi connectivity index (χ1) is 13.3. The van der Waals surface area contributed by atoms with Gasteiger partial charge in [0.15, 0.2) is 0 Å². The molecule has 1 aromatic rings. The molecule has 1 N–H and O–H groups in total. The molecule has 2 heterocycles. The number of halogens is 1. The predicted octanol–water partition coefficient (Wildman–Crippen LogP) is 4.84. The monoisotopic (exact) mass is 388 g/mol. The van der Waals surface area contributed by atoms with Gasteiger partial charge in [0, 0.05) is 12.6 Å². The number of aliphatic hydroxyl groups excluding tert-OH is 1. The van der Waals surface area contributed by atoms with Crippen molar-refractivity contribution in [3.05, 3.63) is 35.1 Å². The van der Waals surface area contributed by atoms with E-state index in [1.165, 1.54) is 17.5 Å². The molecule has 0 amide bonds. The van der Waals surface area contributed by atoms with Gasteiger partial charge in [0.05, 0.1) is 0 Å². The third-order valence-corrected chi connectivity index (χ3v) is 7.50. The van der Waals surface area contributed by atoms with Crippen LogP contribution in [0.3, 0.4) is 0 Å². The van der Waals surface area contributed by atoms with Gasteiger partial charge in [0.2, 0.25) is 0 Å². The molecule has 2 aliphatic heterocycles. The van der Waals surface area contributed by atoms with Crippen LogP contribution in [0.25, 0.3) is 0 Å². The summed E-state index contributed by atoms with van der Waals surface area (Å²) in [4.78, 5) is 4.86. The molecule has 2 atom stereocenters. The summed E-state index contributed by atoms with van der Waals surface area (Å²) in [5.74, 6) is -0.115. The van der Waals surface area contributed by atoms with Gasteiger partial charge in [-0.1, -0.05) is 26.8 Å². The fourth-order valence-electron chi connectivity index (χ4n) is 5.68. The molecule has 3 aliphatic rings. The molecule has 0 radical (unpaired) electrons. The maximum absolute atomic E-state index is 14.3. The van der Waals surface area contributed by atoms with Crippen molar-refractivity contribution in [1.82, 2.24) is 9.80 Å². The summed E-state index contributed by atoms with van der Waals surface area (Å²) in [6, 6.07) is 5.69. The lowest BCUT2D eigenvalue weighted by molar-refractivity contribution is -0.00382. The molecular formula is C24H37FN2O. The zero-order valence-electron chi connectivity index (χ0n) is 17.9. The fourth-order valence-corrected chi connectivity index (χ4v) is 5.68. The van der Waals surface area contributed by atoms with Crippen molar-refractivity contribution in [1.29, 1.82) is 0 Å². The van der Waals surface area contributed by atoms with Crippen molar-refractivity contribution in [2.24, 2.45) is 5.41 Å². The second-order valence-corrected chi connectivity index (χ2v) is 10.6. The van der Waals surface area contributed by atoms with Crippen molar-refractivity contribution in [3.63, 3.8) is 0 Å². The third-order valence-electron chi connectivity index (χ3n) is 7.50. The van der Waals surface area contributed by atoms with E-state index in [9.17, 15) is 9.50 Å². The lowest BCUT2D eigenvalue weighted by Crippen LogP contribution is -2.47. The number of benzene rings is 1. The predicted molar refractivity (Wildman–Crippen MR) is 112 cm³/mol. The Balaban J connectivity index is 1.53. The second kappa shape index (κ2) is 7.70. The van der Waals surface area contributed by atoms with Gasteiger partial charge < -0.3 is 10.0 Å². The van der Waals surface area contributed by atoms with Gasteiger partial charge in [-0.2, -0.15) is 0 Å². The summed E-state index contributed by atoms with van der Waals surface area (Å²) < 4.78 is 14.3. The first-order valence-corrected chi connectivity index (χ1v) is 11.2. The molecule has 0 aromatic heterocycles. The molecule has 156 valence electrons. The van der Waals surface area contributed by atoms with Crippen LogP contribution in [0.2, 0.25) is 0 Å². The average Bonchev–Trinajstić information content (AvgIpc) is 3.07. The number of likely N-dealkylation sites (tertiary alicyclic amines) is 2. The SMILES string of the molecule is CC(C)(C)CCN1CCC2(CC[C@@H](N3CCCC3O)c3ccc(F)cc32)CC1. The Morgan fingerprint density at radius 3 is 2.50 bits per heavy atom. The first kappa shape index (κ1) is 20.3. The molecule has 28 heavy (non-hydrogen) atoms. The van der Waals surface area contributed by atoms with E-state index in [1.807, 2.05) is 12.1 Å². The van der Waals surface area contributed by atoms with Gasteiger partial charge in [-0.05, 0) is 98.7 Å². The van der Waals surface area contributed by atoms with Crippen molar-refractivity contribution in [2.75, 3.05) is 26.2 Å². The molecule has 3 nitrogen and oxygen atoms in total. The number of aliphatic hydroxyl groups is 1. The molecule has 4 heteroatoms. The molecule has 1 spiro atoms. The highest BCUT2D eigenvalue weighted by Crippen LogP contribution is 2.50. The number of hydrogen-bond acceptors (Lipinski definition) is 3. The van der Waals surface area contributed by atoms with Crippen LogP contribution in [0.1, 0.15) is 82.9 Å². The van der Waals surface area contributed by atoms with Gasteiger partial charge in [-0.25, -0.2) is 4.39 Å². The minimum Gasteiger partial charge on any atom is -0.378 e. The maximum Gasteiger partial charge on any atom is 0.123 e. The van der Waals surface area contributed by atoms with E-state index in [1.54, 1.807) is 6.07 Å². The molecular weight excluding hydrogens is 351 g/mol. The van der Waals surface area contributed by atoms with E-state index >= 15 is 0 Å². The minimum absolute atomic E-state index is 0.115. The van der Waals surface area contributed by atoms with E-state index in [-0.39, 0.29) is 23.5 Å². The number of hydrogen-bond donors (Lipinski definition) is 1. The van der Waals surface area contributed by atoms with Crippen molar-refractivity contribution in [2.45, 2.75) is 83.4 Å². The Morgan fingerprint density at radius 1 is 1.11 bits per heavy atom. The highest BCUT2D eigenvalue weighted by molar-refractivity contribution is 5.40. The summed E-state index contributed by atoms with van der Waals surface area (Å²) in [6.07, 6.45) is 7.26. The van der Waals surface area contributed by atoms with Gasteiger partial charge in [0.1, 0.15) is 12.0 Å². The van der Waals surface area contributed by atoms with Gasteiger partial charge in [0.25, 0.3) is 0 Å². The Labute approximate surface area is 169 Å². The number of nitrogens with zero attached hydrogens (tertiary/aromatic N) is 2. The zero-order chi connectivity index (χ0) is 19.9. The molecule has 2 fully saturated rings. The molecule has 4 rings (SSSR count). The highest BCUT2D eigenvalue weighted by atomic mass is 19.1. The number of piperidine rings is 1. The van der Waals surface area contributed by atoms with Gasteiger partial charge in [-0.3, -0.25) is 4.90 Å². The van der Waals surface area contributed by atoms with Crippen LogP contribution in [-0.2, 0) is 5.41 Å². The molecule has 0 saturated carbocycles. The Kier molecular flexibility index (Phi) is 5.58. The minimum atomic E-state index is -0.337. The van der Waals surface area contributed by atoms with E-state index in [0.717, 1.165) is 64.7 Å². The zero-order valence-corrected chi connectivity index (χ0v) is 17.9. The quantitative estimate of drug-likeness (QED) is 0.802. The van der Waals surface area contributed by atoms with E-state index in [2.05, 4.69) is 30.6 Å². The standard InChI is InChI=1S/C24H37FN2O/c1-23(2,3)10-14-26-15-11-24(12-16-26)9-8-21(27-13-4-5-22(27)28)19-7-6-18(25)17-20(19)24/h6-7,17,21-22,28H,4-5,8-16H2,1-3H3/t21-,22?/m1/s1. The smallest absolute Gasteiger partial charge is 0.123 e. The Hall–Kier alpha value is -0.970. The van der Waals surface area contributed by atoms with Crippen molar-refractivity contribution < 1.29 is 9.50 Å². The summed E-state index contributed by atoms with van der Waals surface area (Å²) in [6.45, 7) is 11.3. The van der Waals surface area contributed by atoms with E-state index in [0.29, 0.717) is 5.41 Å². The maximum atomic E-state index is 14.3. The first-order valence-electron chi connectivity index (χ1n) is 11.2. The van der Waals surface area contributed by atoms with E-state index in [4.69, 9.17) is 0 Å². The topological polar surface area (TPSA) is 26.7 Å². The Morgan fingerprint density at radius 2 is 1.86 bits per heavy atom. The Bertz CT molecular complexity index is 690. The lowest BCUT2D eigenvalue weighted by atomic mass is 9.63. The molecule has 1 aliphatic carbocycles. The number of rotatable bonds is 3. The summed E-state index contributed by atoms with van der Waals surface area (Å²) in [7, 11) is 0. The molecule has 2 saturated heterocycles. The van der Waals surface area contributed by atoms with Crippen LogP contribution in [-0.4, -0.2) is 47.3 Å². The van der Waals surface area contributed by atoms with Crippen LogP contribution < -0.4 is 0 Å². The summed E-state index contributed by atoms with van der Waals surface area (Å²) in [5, 5.41) is 10.4. The largest absolute Gasteiger partial charge is 0.378 e. The van der Waals surface area contributed by atoms with Crippen LogP contribution >= 0.6 is 0 Å². The summed E-state index contributed by atoms with van der Waals surface area (Å²) >= 11 is 0. The van der Waals surface area contributed by atoms with Crippen molar-refractivity contribution >= 4 is 0 Å². The highest BCUT2D eigenvalue weighted by Gasteiger charge is 2.44. The lowest BCUT2D eigenvalue weighted by Gasteiger charge is -2.49. The molecule has 1 aromatic carbocycles. The second-order valence-electron chi connectivity index (χ2n) is 10.6. The van der Waals surface area contributed by atoms with Gasteiger partial charge in [-0.15, -0.1) is 0 Å². The van der Waals surface area contributed by atoms with Crippen LogP contribution in [0.5, 0.6) is 0 Å². The average molecular weight is 389 g/mol. The van der Waals surface area contributed by atoms with E-state index < -0.39 is 0 Å². The van der Waals surface area contributed by atoms with Crippen molar-refractivity contribution in [3.8, 4) is 0 Å². The molecule has 0 bridgehead atoms. The summed E-state index contributed by atoms with van der Waals surface area (Å²) in [5.41, 5.74) is 3.01. The molecule has 1 unspecified atom stereocenters. The van der Waals surface area contributed by atoms with Crippen LogP contribution in [0, 0.1) is 11.2 Å². The third kappa shape index (κ3) is 4.01. The van der Waals surface area contributed by atoms with Crippen LogP contribution in [0.4, 0.5) is 4.39 Å². The fraction of sp³-hybridized carbons (Fsp3) is 0.750. The normalized spacial score (nSPS) is 28.6. The number of fused-ring (bicyclic) bond motifs is 2. The van der Waals surface area contributed by atoms with Crippen LogP contribution in [0.15, 0.2) is 18.2 Å².